The van der Waals surface area contributed by atoms with Gasteiger partial charge < -0.3 is 15.4 Å². The van der Waals surface area contributed by atoms with Crippen LogP contribution in [0.5, 0.6) is 0 Å². The van der Waals surface area contributed by atoms with Gasteiger partial charge in [-0.2, -0.15) is 0 Å². The highest BCUT2D eigenvalue weighted by molar-refractivity contribution is 7.80. The van der Waals surface area contributed by atoms with Gasteiger partial charge in [0.25, 0.3) is 0 Å². The largest absolute Gasteiger partial charge is 0.381 e. The van der Waals surface area contributed by atoms with E-state index in [0.717, 1.165) is 31.3 Å². The number of rotatable bonds is 3. The summed E-state index contributed by atoms with van der Waals surface area (Å²) < 4.78 is 5.32. The molecule has 1 aliphatic heterocycles. The second kappa shape index (κ2) is 5.40. The molecule has 2 N–H and O–H groups in total. The van der Waals surface area contributed by atoms with Crippen LogP contribution in [0.1, 0.15) is 20.3 Å². The van der Waals surface area contributed by atoms with E-state index < -0.39 is 0 Å². The lowest BCUT2D eigenvalue weighted by Crippen LogP contribution is -2.43. The lowest BCUT2D eigenvalue weighted by molar-refractivity contribution is 0.180. The maximum atomic E-state index is 5.32. The van der Waals surface area contributed by atoms with Crippen LogP contribution >= 0.6 is 12.2 Å². The smallest absolute Gasteiger partial charge is 0.166 e. The molecule has 4 heteroatoms. The quantitative estimate of drug-likeness (QED) is 0.666. The number of thiocarbonyl (C=S) groups is 1. The summed E-state index contributed by atoms with van der Waals surface area (Å²) >= 11 is 5.10. The van der Waals surface area contributed by atoms with Gasteiger partial charge in [-0.25, -0.2) is 0 Å². The minimum absolute atomic E-state index is 0.411. The van der Waals surface area contributed by atoms with Gasteiger partial charge in [-0.15, -0.1) is 0 Å². The summed E-state index contributed by atoms with van der Waals surface area (Å²) in [4.78, 5) is 0. The van der Waals surface area contributed by atoms with E-state index in [2.05, 4.69) is 17.6 Å². The SMILES string of the molecule is CCNC(=S)NC(C)C1CCOC1. The molecule has 1 heterocycles. The van der Waals surface area contributed by atoms with Crippen molar-refractivity contribution in [3.05, 3.63) is 0 Å². The fourth-order valence-corrected chi connectivity index (χ4v) is 1.81. The third-order valence-corrected chi connectivity index (χ3v) is 2.63. The van der Waals surface area contributed by atoms with Crippen LogP contribution in [0.2, 0.25) is 0 Å². The van der Waals surface area contributed by atoms with Crippen molar-refractivity contribution in [2.75, 3.05) is 19.8 Å². The van der Waals surface area contributed by atoms with Gasteiger partial charge in [0, 0.05) is 25.1 Å². The van der Waals surface area contributed by atoms with E-state index in [1.165, 1.54) is 0 Å². The predicted octanol–water partition coefficient (Wildman–Crippen LogP) is 0.895. The Balaban J connectivity index is 2.22. The molecule has 0 aromatic heterocycles. The standard InChI is InChI=1S/C9H18N2OS/c1-3-10-9(13)11-7(2)8-4-5-12-6-8/h7-8H,3-6H2,1-2H3,(H2,10,11,13). The van der Waals surface area contributed by atoms with Crippen LogP contribution in [0.4, 0.5) is 0 Å². The van der Waals surface area contributed by atoms with E-state index in [1.54, 1.807) is 0 Å². The van der Waals surface area contributed by atoms with E-state index >= 15 is 0 Å². The molecule has 0 aliphatic carbocycles. The second-order valence-corrected chi connectivity index (χ2v) is 3.82. The molecule has 3 nitrogen and oxygen atoms in total. The lowest BCUT2D eigenvalue weighted by Gasteiger charge is -2.20. The second-order valence-electron chi connectivity index (χ2n) is 3.42. The van der Waals surface area contributed by atoms with Crippen LogP contribution in [0.25, 0.3) is 0 Å². The molecule has 76 valence electrons. The number of nitrogens with one attached hydrogen (secondary N) is 2. The Hall–Kier alpha value is -0.350. The Morgan fingerprint density at radius 3 is 3.00 bits per heavy atom. The molecular formula is C9H18N2OS. The van der Waals surface area contributed by atoms with Gasteiger partial charge in [0.2, 0.25) is 0 Å². The minimum Gasteiger partial charge on any atom is -0.381 e. The van der Waals surface area contributed by atoms with Gasteiger partial charge in [-0.05, 0) is 32.5 Å². The molecule has 1 rings (SSSR count). The maximum Gasteiger partial charge on any atom is 0.166 e. The van der Waals surface area contributed by atoms with Crippen molar-refractivity contribution < 1.29 is 4.74 Å². The zero-order valence-corrected chi connectivity index (χ0v) is 9.12. The zero-order valence-electron chi connectivity index (χ0n) is 8.30. The highest BCUT2D eigenvalue weighted by atomic mass is 32.1. The van der Waals surface area contributed by atoms with Crippen LogP contribution in [-0.4, -0.2) is 30.9 Å². The van der Waals surface area contributed by atoms with Crippen molar-refractivity contribution in [2.45, 2.75) is 26.3 Å². The third kappa shape index (κ3) is 3.48. The average molecular weight is 202 g/mol. The molecule has 0 bridgehead atoms. The van der Waals surface area contributed by atoms with Gasteiger partial charge in [-0.3, -0.25) is 0 Å². The Morgan fingerprint density at radius 2 is 2.46 bits per heavy atom. The summed E-state index contributed by atoms with van der Waals surface area (Å²) in [6, 6.07) is 0.411. The molecule has 0 aromatic carbocycles. The molecule has 0 amide bonds. The molecule has 0 saturated carbocycles. The first-order chi connectivity index (χ1) is 6.24. The molecule has 0 spiro atoms. The molecule has 1 fully saturated rings. The van der Waals surface area contributed by atoms with E-state index in [-0.39, 0.29) is 0 Å². The molecule has 1 saturated heterocycles. The van der Waals surface area contributed by atoms with E-state index in [4.69, 9.17) is 17.0 Å². The Kier molecular flexibility index (Phi) is 4.45. The highest BCUT2D eigenvalue weighted by Crippen LogP contribution is 2.15. The summed E-state index contributed by atoms with van der Waals surface area (Å²) in [6.07, 6.45) is 1.14. The van der Waals surface area contributed by atoms with Gasteiger partial charge in [0.1, 0.15) is 0 Å². The van der Waals surface area contributed by atoms with E-state index in [1.807, 2.05) is 6.92 Å². The van der Waals surface area contributed by atoms with Gasteiger partial charge in [0.15, 0.2) is 5.11 Å². The summed E-state index contributed by atoms with van der Waals surface area (Å²) in [5.41, 5.74) is 0. The summed E-state index contributed by atoms with van der Waals surface area (Å²) in [7, 11) is 0. The third-order valence-electron chi connectivity index (χ3n) is 2.37. The topological polar surface area (TPSA) is 33.3 Å². The first-order valence-electron chi connectivity index (χ1n) is 4.86. The Labute approximate surface area is 85.2 Å². The lowest BCUT2D eigenvalue weighted by atomic mass is 10.0. The molecular weight excluding hydrogens is 184 g/mol. The molecule has 2 unspecified atom stereocenters. The highest BCUT2D eigenvalue weighted by Gasteiger charge is 2.22. The Morgan fingerprint density at radius 1 is 1.69 bits per heavy atom. The van der Waals surface area contributed by atoms with Gasteiger partial charge >= 0.3 is 0 Å². The van der Waals surface area contributed by atoms with Crippen LogP contribution in [0.15, 0.2) is 0 Å². The van der Waals surface area contributed by atoms with Crippen molar-refractivity contribution >= 4 is 17.3 Å². The summed E-state index contributed by atoms with van der Waals surface area (Å²) in [6.45, 7) is 6.83. The monoisotopic (exact) mass is 202 g/mol. The van der Waals surface area contributed by atoms with Crippen LogP contribution in [0, 0.1) is 5.92 Å². The first-order valence-corrected chi connectivity index (χ1v) is 5.27. The van der Waals surface area contributed by atoms with E-state index in [9.17, 15) is 0 Å². The maximum absolute atomic E-state index is 5.32. The molecule has 0 radical (unpaired) electrons. The first kappa shape index (κ1) is 10.7. The molecule has 13 heavy (non-hydrogen) atoms. The normalized spacial score (nSPS) is 24.0. The van der Waals surface area contributed by atoms with Crippen molar-refractivity contribution in [1.29, 1.82) is 0 Å². The number of hydrogen-bond donors (Lipinski definition) is 2. The van der Waals surface area contributed by atoms with Crippen molar-refractivity contribution in [3.63, 3.8) is 0 Å². The fourth-order valence-electron chi connectivity index (χ4n) is 1.48. The molecule has 2 atom stereocenters. The van der Waals surface area contributed by atoms with Gasteiger partial charge in [-0.1, -0.05) is 0 Å². The number of hydrogen-bond acceptors (Lipinski definition) is 2. The zero-order chi connectivity index (χ0) is 9.68. The number of ether oxygens (including phenoxy) is 1. The van der Waals surface area contributed by atoms with Crippen molar-refractivity contribution in [3.8, 4) is 0 Å². The van der Waals surface area contributed by atoms with Gasteiger partial charge in [0.05, 0.1) is 6.61 Å². The summed E-state index contributed by atoms with van der Waals surface area (Å²) in [5, 5.41) is 7.09. The van der Waals surface area contributed by atoms with Crippen molar-refractivity contribution in [1.82, 2.24) is 10.6 Å². The summed E-state index contributed by atoms with van der Waals surface area (Å²) in [5.74, 6) is 0.608. The van der Waals surface area contributed by atoms with E-state index in [0.29, 0.717) is 12.0 Å². The average Bonchev–Trinajstić information content (AvgIpc) is 2.55. The molecule has 1 aliphatic rings. The minimum atomic E-state index is 0.411. The fraction of sp³-hybridized carbons (Fsp3) is 0.889. The van der Waals surface area contributed by atoms with Crippen LogP contribution < -0.4 is 10.6 Å². The Bertz CT molecular complexity index is 169. The van der Waals surface area contributed by atoms with Crippen LogP contribution in [0.3, 0.4) is 0 Å². The molecule has 0 aromatic rings. The van der Waals surface area contributed by atoms with Crippen LogP contribution in [-0.2, 0) is 4.74 Å². The van der Waals surface area contributed by atoms with Crippen molar-refractivity contribution in [2.24, 2.45) is 5.92 Å². The predicted molar refractivity (Wildman–Crippen MR) is 57.8 cm³/mol.